The van der Waals surface area contributed by atoms with Crippen LogP contribution < -0.4 is 5.32 Å². The van der Waals surface area contributed by atoms with Gasteiger partial charge in [0.1, 0.15) is 0 Å². The highest BCUT2D eigenvalue weighted by Gasteiger charge is 2.12. The Kier molecular flexibility index (Phi) is 5.40. The first-order valence-corrected chi connectivity index (χ1v) is 7.56. The number of benzene rings is 2. The van der Waals surface area contributed by atoms with Crippen LogP contribution in [0.1, 0.15) is 36.1 Å². The van der Waals surface area contributed by atoms with Crippen molar-refractivity contribution < 1.29 is 4.79 Å². The minimum absolute atomic E-state index is 0.0322. The normalized spacial score (nSPS) is 12.0. The SMILES string of the molecule is CCC(NC(=O)Cc1ccc(Cl)cc1)c1ccc(C)cc1. The monoisotopic (exact) mass is 301 g/mol. The molecule has 0 aromatic heterocycles. The quantitative estimate of drug-likeness (QED) is 0.868. The average molecular weight is 302 g/mol. The van der Waals surface area contributed by atoms with Crippen molar-refractivity contribution in [3.63, 3.8) is 0 Å². The molecule has 1 amide bonds. The van der Waals surface area contributed by atoms with E-state index in [9.17, 15) is 4.79 Å². The van der Waals surface area contributed by atoms with Gasteiger partial charge in [-0.15, -0.1) is 0 Å². The lowest BCUT2D eigenvalue weighted by molar-refractivity contribution is -0.121. The molecular formula is C18H20ClNO. The first-order valence-electron chi connectivity index (χ1n) is 7.19. The predicted molar refractivity (Wildman–Crippen MR) is 87.5 cm³/mol. The molecule has 2 aromatic rings. The number of aryl methyl sites for hydroxylation is 1. The third-order valence-corrected chi connectivity index (χ3v) is 3.75. The van der Waals surface area contributed by atoms with Crippen LogP contribution in [0.2, 0.25) is 5.02 Å². The van der Waals surface area contributed by atoms with E-state index in [-0.39, 0.29) is 11.9 Å². The number of hydrogen-bond acceptors (Lipinski definition) is 1. The average Bonchev–Trinajstić information content (AvgIpc) is 2.48. The van der Waals surface area contributed by atoms with Crippen molar-refractivity contribution in [2.24, 2.45) is 0 Å². The summed E-state index contributed by atoms with van der Waals surface area (Å²) in [6, 6.07) is 15.7. The predicted octanol–water partition coefficient (Wildman–Crippen LogP) is 4.46. The molecule has 3 heteroatoms. The first kappa shape index (κ1) is 15.6. The van der Waals surface area contributed by atoms with E-state index in [2.05, 4.69) is 43.4 Å². The fourth-order valence-electron chi connectivity index (χ4n) is 2.25. The zero-order valence-corrected chi connectivity index (χ0v) is 13.2. The minimum Gasteiger partial charge on any atom is -0.349 e. The first-order chi connectivity index (χ1) is 10.1. The lowest BCUT2D eigenvalue weighted by Crippen LogP contribution is -2.29. The number of hydrogen-bond donors (Lipinski definition) is 1. The van der Waals surface area contributed by atoms with Gasteiger partial charge in [0, 0.05) is 5.02 Å². The highest BCUT2D eigenvalue weighted by Crippen LogP contribution is 2.17. The van der Waals surface area contributed by atoms with Gasteiger partial charge in [-0.25, -0.2) is 0 Å². The van der Waals surface area contributed by atoms with Crippen LogP contribution in [-0.2, 0) is 11.2 Å². The van der Waals surface area contributed by atoms with Gasteiger partial charge in [0.05, 0.1) is 12.5 Å². The van der Waals surface area contributed by atoms with Gasteiger partial charge >= 0.3 is 0 Å². The molecule has 0 fully saturated rings. The summed E-state index contributed by atoms with van der Waals surface area (Å²) in [6.07, 6.45) is 1.24. The van der Waals surface area contributed by atoms with Crippen LogP contribution in [0.25, 0.3) is 0 Å². The summed E-state index contributed by atoms with van der Waals surface area (Å²) >= 11 is 5.85. The summed E-state index contributed by atoms with van der Waals surface area (Å²) in [5.41, 5.74) is 3.34. The summed E-state index contributed by atoms with van der Waals surface area (Å²) in [7, 11) is 0. The molecule has 0 aliphatic heterocycles. The Balaban J connectivity index is 1.99. The Morgan fingerprint density at radius 3 is 2.29 bits per heavy atom. The van der Waals surface area contributed by atoms with Gasteiger partial charge in [-0.05, 0) is 36.6 Å². The van der Waals surface area contributed by atoms with E-state index in [1.54, 1.807) is 12.1 Å². The second-order valence-corrected chi connectivity index (χ2v) is 5.68. The maximum atomic E-state index is 12.2. The van der Waals surface area contributed by atoms with Crippen LogP contribution in [0.4, 0.5) is 0 Å². The topological polar surface area (TPSA) is 29.1 Å². The Hall–Kier alpha value is -1.80. The molecule has 0 bridgehead atoms. The van der Waals surface area contributed by atoms with Crippen LogP contribution in [-0.4, -0.2) is 5.91 Å². The number of amides is 1. The summed E-state index contributed by atoms with van der Waals surface area (Å²) in [5.74, 6) is 0.0322. The van der Waals surface area contributed by atoms with E-state index < -0.39 is 0 Å². The van der Waals surface area contributed by atoms with Crippen molar-refractivity contribution in [2.45, 2.75) is 32.7 Å². The molecule has 2 rings (SSSR count). The van der Waals surface area contributed by atoms with Gasteiger partial charge < -0.3 is 5.32 Å². The van der Waals surface area contributed by atoms with Gasteiger partial charge in [0.25, 0.3) is 0 Å². The largest absolute Gasteiger partial charge is 0.349 e. The number of rotatable bonds is 5. The molecule has 0 aliphatic carbocycles. The summed E-state index contributed by atoms with van der Waals surface area (Å²) < 4.78 is 0. The van der Waals surface area contributed by atoms with E-state index in [0.29, 0.717) is 11.4 Å². The van der Waals surface area contributed by atoms with Crippen molar-refractivity contribution in [3.8, 4) is 0 Å². The molecule has 0 heterocycles. The van der Waals surface area contributed by atoms with Crippen molar-refractivity contribution in [1.29, 1.82) is 0 Å². The molecule has 0 aliphatic rings. The standard InChI is InChI=1S/C18H20ClNO/c1-3-17(15-8-4-13(2)5-9-15)20-18(21)12-14-6-10-16(19)11-7-14/h4-11,17H,3,12H2,1-2H3,(H,20,21). The second-order valence-electron chi connectivity index (χ2n) is 5.24. The van der Waals surface area contributed by atoms with E-state index in [1.165, 1.54) is 5.56 Å². The zero-order chi connectivity index (χ0) is 15.2. The Morgan fingerprint density at radius 1 is 1.10 bits per heavy atom. The van der Waals surface area contributed by atoms with Crippen molar-refractivity contribution in [1.82, 2.24) is 5.32 Å². The minimum atomic E-state index is 0.0322. The smallest absolute Gasteiger partial charge is 0.224 e. The molecule has 0 saturated carbocycles. The van der Waals surface area contributed by atoms with Crippen LogP contribution in [0.3, 0.4) is 0 Å². The Labute approximate surface area is 131 Å². The maximum absolute atomic E-state index is 12.2. The number of carbonyl (C=O) groups is 1. The van der Waals surface area contributed by atoms with E-state index >= 15 is 0 Å². The third-order valence-electron chi connectivity index (χ3n) is 3.50. The van der Waals surface area contributed by atoms with Crippen LogP contribution in [0.5, 0.6) is 0 Å². The van der Waals surface area contributed by atoms with Gasteiger partial charge in [0.15, 0.2) is 0 Å². The van der Waals surface area contributed by atoms with Gasteiger partial charge in [-0.2, -0.15) is 0 Å². The van der Waals surface area contributed by atoms with E-state index in [0.717, 1.165) is 17.5 Å². The molecule has 2 aromatic carbocycles. The van der Waals surface area contributed by atoms with Crippen LogP contribution in [0, 0.1) is 6.92 Å². The molecule has 0 saturated heterocycles. The molecule has 1 N–H and O–H groups in total. The molecular weight excluding hydrogens is 282 g/mol. The zero-order valence-electron chi connectivity index (χ0n) is 12.4. The van der Waals surface area contributed by atoms with Gasteiger partial charge in [-0.1, -0.05) is 60.5 Å². The highest BCUT2D eigenvalue weighted by molar-refractivity contribution is 6.30. The second kappa shape index (κ2) is 7.28. The summed E-state index contributed by atoms with van der Waals surface area (Å²) in [5, 5.41) is 3.78. The van der Waals surface area contributed by atoms with Crippen LogP contribution in [0.15, 0.2) is 48.5 Å². The molecule has 21 heavy (non-hydrogen) atoms. The number of halogens is 1. The van der Waals surface area contributed by atoms with Crippen molar-refractivity contribution in [2.75, 3.05) is 0 Å². The molecule has 1 atom stereocenters. The van der Waals surface area contributed by atoms with E-state index in [1.807, 2.05) is 12.1 Å². The fraction of sp³-hybridized carbons (Fsp3) is 0.278. The fourth-order valence-corrected chi connectivity index (χ4v) is 2.38. The lowest BCUT2D eigenvalue weighted by atomic mass is 10.0. The maximum Gasteiger partial charge on any atom is 0.224 e. The summed E-state index contributed by atoms with van der Waals surface area (Å²) in [4.78, 5) is 12.2. The van der Waals surface area contributed by atoms with Crippen molar-refractivity contribution >= 4 is 17.5 Å². The molecule has 1 unspecified atom stereocenters. The molecule has 0 radical (unpaired) electrons. The number of nitrogens with one attached hydrogen (secondary N) is 1. The van der Waals surface area contributed by atoms with Gasteiger partial charge in [0.2, 0.25) is 5.91 Å². The van der Waals surface area contributed by atoms with E-state index in [4.69, 9.17) is 11.6 Å². The highest BCUT2D eigenvalue weighted by atomic mass is 35.5. The number of carbonyl (C=O) groups excluding carboxylic acids is 1. The lowest BCUT2D eigenvalue weighted by Gasteiger charge is -2.18. The molecule has 0 spiro atoms. The molecule has 2 nitrogen and oxygen atoms in total. The molecule has 110 valence electrons. The van der Waals surface area contributed by atoms with Crippen LogP contribution >= 0.6 is 11.6 Å². The van der Waals surface area contributed by atoms with Crippen molar-refractivity contribution in [3.05, 3.63) is 70.2 Å². The third kappa shape index (κ3) is 4.61. The Morgan fingerprint density at radius 2 is 1.71 bits per heavy atom. The van der Waals surface area contributed by atoms with Gasteiger partial charge in [-0.3, -0.25) is 4.79 Å². The Bertz CT molecular complexity index is 590. The summed E-state index contributed by atoms with van der Waals surface area (Å²) in [6.45, 7) is 4.14.